The lowest BCUT2D eigenvalue weighted by Gasteiger charge is -2.37. The highest BCUT2D eigenvalue weighted by Crippen LogP contribution is 2.23. The summed E-state index contributed by atoms with van der Waals surface area (Å²) < 4.78 is 6.21. The minimum absolute atomic E-state index is 0.296. The van der Waals surface area contributed by atoms with Crippen LogP contribution in [0.25, 0.3) is 10.9 Å². The first-order chi connectivity index (χ1) is 18.7. The Hall–Kier alpha value is -2.96. The second-order valence-corrected chi connectivity index (χ2v) is 11.0. The lowest BCUT2D eigenvalue weighted by molar-refractivity contribution is -0.136. The summed E-state index contributed by atoms with van der Waals surface area (Å²) in [6.45, 7) is 5.92. The van der Waals surface area contributed by atoms with Crippen LogP contribution < -0.4 is 4.74 Å². The van der Waals surface area contributed by atoms with Crippen LogP contribution >= 0.6 is 0 Å². The average Bonchev–Trinajstić information content (AvgIpc) is 2.94. The van der Waals surface area contributed by atoms with Gasteiger partial charge in [0.1, 0.15) is 5.75 Å². The van der Waals surface area contributed by atoms with Crippen molar-refractivity contribution < 1.29 is 9.53 Å². The lowest BCUT2D eigenvalue weighted by atomic mass is 9.99. The maximum atomic E-state index is 13.1. The van der Waals surface area contributed by atoms with E-state index in [9.17, 15) is 4.79 Å². The second kappa shape index (κ2) is 13.2. The van der Waals surface area contributed by atoms with Crippen LogP contribution in [0.1, 0.15) is 56.1 Å². The zero-order valence-corrected chi connectivity index (χ0v) is 22.9. The van der Waals surface area contributed by atoms with Gasteiger partial charge < -0.3 is 9.64 Å². The fourth-order valence-corrected chi connectivity index (χ4v) is 6.03. The van der Waals surface area contributed by atoms with Crippen molar-refractivity contribution in [3.05, 3.63) is 71.9 Å². The van der Waals surface area contributed by atoms with Crippen LogP contribution in [0.5, 0.6) is 5.75 Å². The smallest absolute Gasteiger partial charge is 0.236 e. The summed E-state index contributed by atoms with van der Waals surface area (Å²) in [6, 6.07) is 19.2. The fraction of sp³-hybridized carbons (Fsp3) is 0.500. The monoisotopic (exact) mass is 514 g/mol. The number of piperidine rings is 2. The molecule has 0 N–H and O–H groups in total. The number of amides is 1. The van der Waals surface area contributed by atoms with Crippen LogP contribution in [0.4, 0.5) is 0 Å². The van der Waals surface area contributed by atoms with Gasteiger partial charge in [0.15, 0.2) is 0 Å². The average molecular weight is 515 g/mol. The van der Waals surface area contributed by atoms with Gasteiger partial charge in [-0.3, -0.25) is 19.6 Å². The Morgan fingerprint density at radius 1 is 0.974 bits per heavy atom. The summed E-state index contributed by atoms with van der Waals surface area (Å²) in [5, 5.41) is 1.18. The lowest BCUT2D eigenvalue weighted by Crippen LogP contribution is -2.49. The van der Waals surface area contributed by atoms with E-state index in [0.29, 0.717) is 25.1 Å². The van der Waals surface area contributed by atoms with Gasteiger partial charge in [-0.25, -0.2) is 0 Å². The van der Waals surface area contributed by atoms with Gasteiger partial charge in [-0.05, 0) is 81.6 Å². The summed E-state index contributed by atoms with van der Waals surface area (Å²) in [7, 11) is 2.15. The number of carbonyl (C=O) groups excluding carboxylic acids is 1. The summed E-state index contributed by atoms with van der Waals surface area (Å²) in [5.41, 5.74) is 3.55. The molecule has 0 bridgehead atoms. The molecule has 2 saturated heterocycles. The van der Waals surface area contributed by atoms with E-state index in [2.05, 4.69) is 69.2 Å². The molecule has 1 amide bonds. The zero-order chi connectivity index (χ0) is 26.2. The number of aromatic nitrogens is 1. The van der Waals surface area contributed by atoms with Gasteiger partial charge in [0.05, 0.1) is 18.7 Å². The number of carbonyl (C=O) groups is 1. The number of rotatable bonds is 10. The van der Waals surface area contributed by atoms with Gasteiger partial charge in [-0.2, -0.15) is 0 Å². The maximum absolute atomic E-state index is 13.1. The Balaban J connectivity index is 1.12. The highest BCUT2D eigenvalue weighted by atomic mass is 16.5. The molecule has 0 spiro atoms. The van der Waals surface area contributed by atoms with Gasteiger partial charge in [-0.1, -0.05) is 42.8 Å². The molecule has 6 heteroatoms. The van der Waals surface area contributed by atoms with Gasteiger partial charge in [-0.15, -0.1) is 0 Å². The van der Waals surface area contributed by atoms with E-state index in [4.69, 9.17) is 4.74 Å². The topological polar surface area (TPSA) is 48.9 Å². The molecule has 3 aromatic rings. The van der Waals surface area contributed by atoms with Crippen LogP contribution in [0.2, 0.25) is 0 Å². The van der Waals surface area contributed by atoms with Crippen molar-refractivity contribution in [2.24, 2.45) is 0 Å². The normalized spacial score (nSPS) is 18.7. The third kappa shape index (κ3) is 7.12. The van der Waals surface area contributed by atoms with Crippen molar-refractivity contribution in [2.75, 3.05) is 39.8 Å². The standard InChI is InChI=1S/C32H42N4O2/c1-34(24-28-12-8-11-27-13-9-17-33-32(27)28)23-26-10-7-15-30(22-26)38-21-16-29-14-3-6-20-36(29)31(37)25-35-18-4-2-5-19-35/h7-13,15,17,22,29H,2-6,14,16,18-21,23-25H2,1H3. The van der Waals surface area contributed by atoms with E-state index in [1.807, 2.05) is 18.3 Å². The van der Waals surface area contributed by atoms with Gasteiger partial charge in [0.2, 0.25) is 5.91 Å². The van der Waals surface area contributed by atoms with Crippen molar-refractivity contribution in [3.63, 3.8) is 0 Å². The van der Waals surface area contributed by atoms with Gasteiger partial charge in [0.25, 0.3) is 0 Å². The number of pyridine rings is 1. The van der Waals surface area contributed by atoms with E-state index >= 15 is 0 Å². The molecular formula is C32H42N4O2. The largest absolute Gasteiger partial charge is 0.494 e. The number of ether oxygens (including phenoxy) is 1. The molecule has 2 fully saturated rings. The number of para-hydroxylation sites is 1. The SMILES string of the molecule is CN(Cc1cccc(OCCC2CCCCN2C(=O)CN2CCCCC2)c1)Cc1cccc2cccnc12. The Labute approximate surface area is 227 Å². The molecule has 202 valence electrons. The first-order valence-corrected chi connectivity index (χ1v) is 14.4. The molecule has 1 aromatic heterocycles. The second-order valence-electron chi connectivity index (χ2n) is 11.0. The van der Waals surface area contributed by atoms with Crippen molar-refractivity contribution in [1.82, 2.24) is 19.7 Å². The molecule has 2 aliphatic heterocycles. The van der Waals surface area contributed by atoms with Crippen molar-refractivity contribution in [3.8, 4) is 5.75 Å². The summed E-state index contributed by atoms with van der Waals surface area (Å²) >= 11 is 0. The van der Waals surface area contributed by atoms with Crippen LogP contribution in [0.3, 0.4) is 0 Å². The minimum atomic E-state index is 0.296. The quantitative estimate of drug-likeness (QED) is 0.357. The number of hydrogen-bond donors (Lipinski definition) is 0. The predicted octanol–water partition coefficient (Wildman–Crippen LogP) is 5.50. The third-order valence-electron chi connectivity index (χ3n) is 7.98. The van der Waals surface area contributed by atoms with E-state index in [-0.39, 0.29) is 0 Å². The molecule has 2 aromatic carbocycles. The third-order valence-corrected chi connectivity index (χ3v) is 7.98. The molecule has 6 nitrogen and oxygen atoms in total. The predicted molar refractivity (Wildman–Crippen MR) is 153 cm³/mol. The Morgan fingerprint density at radius 3 is 2.68 bits per heavy atom. The van der Waals surface area contributed by atoms with Crippen LogP contribution in [0.15, 0.2) is 60.8 Å². The molecule has 1 atom stereocenters. The number of likely N-dealkylation sites (tertiary alicyclic amines) is 2. The molecule has 5 rings (SSSR count). The van der Waals surface area contributed by atoms with Crippen molar-refractivity contribution in [1.29, 1.82) is 0 Å². The molecule has 0 aliphatic carbocycles. The number of nitrogens with zero attached hydrogens (tertiary/aromatic N) is 4. The van der Waals surface area contributed by atoms with Gasteiger partial charge in [0, 0.05) is 43.7 Å². The molecular weight excluding hydrogens is 472 g/mol. The van der Waals surface area contributed by atoms with Crippen molar-refractivity contribution in [2.45, 2.75) is 64.1 Å². The summed E-state index contributed by atoms with van der Waals surface area (Å²) in [4.78, 5) is 24.5. The van der Waals surface area contributed by atoms with E-state index < -0.39 is 0 Å². The highest BCUT2D eigenvalue weighted by Gasteiger charge is 2.28. The molecule has 3 heterocycles. The number of hydrogen-bond acceptors (Lipinski definition) is 5. The Morgan fingerprint density at radius 2 is 1.79 bits per heavy atom. The van der Waals surface area contributed by atoms with Gasteiger partial charge >= 0.3 is 0 Å². The van der Waals surface area contributed by atoms with Crippen molar-refractivity contribution >= 4 is 16.8 Å². The van der Waals surface area contributed by atoms with E-state index in [1.54, 1.807) is 0 Å². The Bertz CT molecular complexity index is 1190. The maximum Gasteiger partial charge on any atom is 0.236 e. The van der Waals surface area contributed by atoms with Crippen LogP contribution in [-0.2, 0) is 17.9 Å². The highest BCUT2D eigenvalue weighted by molar-refractivity contribution is 5.81. The number of benzene rings is 2. The number of fused-ring (bicyclic) bond motifs is 1. The van der Waals surface area contributed by atoms with Crippen LogP contribution in [-0.4, -0.2) is 71.5 Å². The van der Waals surface area contributed by atoms with E-state index in [1.165, 1.54) is 42.2 Å². The Kier molecular flexibility index (Phi) is 9.26. The summed E-state index contributed by atoms with van der Waals surface area (Å²) in [5.74, 6) is 1.22. The molecule has 0 radical (unpaired) electrons. The first kappa shape index (κ1) is 26.6. The first-order valence-electron chi connectivity index (χ1n) is 14.4. The summed E-state index contributed by atoms with van der Waals surface area (Å²) in [6.07, 6.45) is 9.91. The zero-order valence-electron chi connectivity index (χ0n) is 22.9. The minimum Gasteiger partial charge on any atom is -0.494 e. The molecule has 38 heavy (non-hydrogen) atoms. The molecule has 1 unspecified atom stereocenters. The van der Waals surface area contributed by atoms with E-state index in [0.717, 1.165) is 63.3 Å². The molecule has 2 aliphatic rings. The fourth-order valence-electron chi connectivity index (χ4n) is 6.03. The molecule has 0 saturated carbocycles. The van der Waals surface area contributed by atoms with Crippen LogP contribution in [0, 0.1) is 0 Å².